The monoisotopic (exact) mass is 588 g/mol. The molecular weight excluding hydrogens is 548 g/mol. The highest BCUT2D eigenvalue weighted by atomic mass is 16.6. The number of fused-ring (bicyclic) bond motifs is 1. The molecule has 4 aromatic rings. The van der Waals surface area contributed by atoms with Crippen molar-refractivity contribution >= 4 is 28.7 Å². The molecule has 43 heavy (non-hydrogen) atoms. The van der Waals surface area contributed by atoms with E-state index in [2.05, 4.69) is 32.0 Å². The van der Waals surface area contributed by atoms with Crippen molar-refractivity contribution in [2.45, 2.75) is 59.7 Å². The predicted octanol–water partition coefficient (Wildman–Crippen LogP) is 4.22. The van der Waals surface area contributed by atoms with Crippen LogP contribution >= 0.6 is 0 Å². The van der Waals surface area contributed by atoms with E-state index in [1.807, 2.05) is 49.5 Å². The molecular formula is C32H40N6O5. The van der Waals surface area contributed by atoms with E-state index >= 15 is 0 Å². The van der Waals surface area contributed by atoms with E-state index in [0.717, 1.165) is 27.6 Å². The number of carbonyl (C=O) groups is 2. The Balaban J connectivity index is 1.28. The van der Waals surface area contributed by atoms with Gasteiger partial charge in [0.15, 0.2) is 5.82 Å². The Morgan fingerprint density at radius 2 is 1.84 bits per heavy atom. The van der Waals surface area contributed by atoms with Crippen LogP contribution < -0.4 is 26.2 Å². The number of rotatable bonds is 12. The average molecular weight is 589 g/mol. The summed E-state index contributed by atoms with van der Waals surface area (Å²) in [4.78, 5) is 45.2. The van der Waals surface area contributed by atoms with Gasteiger partial charge < -0.3 is 30.4 Å². The summed E-state index contributed by atoms with van der Waals surface area (Å²) in [7, 11) is 0. The van der Waals surface area contributed by atoms with E-state index in [-0.39, 0.29) is 30.4 Å². The zero-order valence-corrected chi connectivity index (χ0v) is 25.4. The number of alkyl carbamates (subject to hydrolysis) is 1. The van der Waals surface area contributed by atoms with E-state index in [9.17, 15) is 14.4 Å². The van der Waals surface area contributed by atoms with Gasteiger partial charge in [0.25, 0.3) is 5.56 Å². The van der Waals surface area contributed by atoms with Gasteiger partial charge in [-0.1, -0.05) is 24.3 Å². The van der Waals surface area contributed by atoms with Gasteiger partial charge in [-0.25, -0.2) is 9.78 Å². The molecule has 0 saturated carbocycles. The molecule has 2 heterocycles. The maximum absolute atomic E-state index is 13.2. The summed E-state index contributed by atoms with van der Waals surface area (Å²) in [6, 6.07) is 13.6. The highest BCUT2D eigenvalue weighted by Gasteiger charge is 2.16. The number of hydrogen-bond acceptors (Lipinski definition) is 7. The molecule has 0 bridgehead atoms. The highest BCUT2D eigenvalue weighted by Crippen LogP contribution is 2.20. The molecule has 0 aliphatic heterocycles. The lowest BCUT2D eigenvalue weighted by Crippen LogP contribution is -2.34. The van der Waals surface area contributed by atoms with Crippen LogP contribution in [0.25, 0.3) is 10.9 Å². The number of anilines is 1. The second kappa shape index (κ2) is 13.9. The van der Waals surface area contributed by atoms with Crippen LogP contribution in [0, 0.1) is 13.8 Å². The number of H-pyrrole nitrogens is 1. The van der Waals surface area contributed by atoms with Crippen LogP contribution in [-0.4, -0.2) is 51.8 Å². The summed E-state index contributed by atoms with van der Waals surface area (Å²) in [6.45, 7) is 10.4. The second-order valence-electron chi connectivity index (χ2n) is 11.3. The van der Waals surface area contributed by atoms with Gasteiger partial charge in [0, 0.05) is 42.1 Å². The number of amides is 2. The number of carbonyl (C=O) groups excluding carboxylic acids is 2. The quantitative estimate of drug-likeness (QED) is 0.182. The average Bonchev–Trinajstić information content (AvgIpc) is 3.33. The third kappa shape index (κ3) is 8.84. The van der Waals surface area contributed by atoms with Crippen LogP contribution in [0.3, 0.4) is 0 Å². The van der Waals surface area contributed by atoms with Crippen molar-refractivity contribution in [2.24, 2.45) is 0 Å². The van der Waals surface area contributed by atoms with Crippen LogP contribution in [0.15, 0.2) is 59.7 Å². The Morgan fingerprint density at radius 1 is 1.05 bits per heavy atom. The van der Waals surface area contributed by atoms with E-state index < -0.39 is 11.7 Å². The van der Waals surface area contributed by atoms with Crippen molar-refractivity contribution < 1.29 is 19.1 Å². The molecule has 0 spiro atoms. The molecule has 0 unspecified atom stereocenters. The Kier molecular flexibility index (Phi) is 10.1. The molecule has 11 heteroatoms. The van der Waals surface area contributed by atoms with Crippen molar-refractivity contribution in [3.05, 3.63) is 87.6 Å². The minimum Gasteiger partial charge on any atom is -0.491 e. The molecule has 0 fully saturated rings. The zero-order valence-electron chi connectivity index (χ0n) is 25.4. The Morgan fingerprint density at radius 3 is 2.63 bits per heavy atom. The van der Waals surface area contributed by atoms with Gasteiger partial charge in [-0.15, -0.1) is 0 Å². The number of nitrogens with one attached hydrogen (secondary N) is 4. The van der Waals surface area contributed by atoms with Crippen LogP contribution in [0.5, 0.6) is 5.75 Å². The number of ether oxygens (including phenoxy) is 2. The normalized spacial score (nSPS) is 11.3. The maximum atomic E-state index is 13.2. The fraction of sp³-hybridized carbons (Fsp3) is 0.375. The molecule has 2 aromatic carbocycles. The van der Waals surface area contributed by atoms with Crippen LogP contribution in [-0.2, 0) is 29.0 Å². The number of para-hydroxylation sites is 1. The van der Waals surface area contributed by atoms with Crippen molar-refractivity contribution in [2.75, 3.05) is 25.0 Å². The van der Waals surface area contributed by atoms with Crippen molar-refractivity contribution in [1.82, 2.24) is 25.2 Å². The molecule has 0 radical (unpaired) electrons. The summed E-state index contributed by atoms with van der Waals surface area (Å²) < 4.78 is 12.5. The van der Waals surface area contributed by atoms with Gasteiger partial charge in [0.1, 0.15) is 24.5 Å². The van der Waals surface area contributed by atoms with E-state index in [1.54, 1.807) is 33.9 Å². The predicted molar refractivity (Wildman–Crippen MR) is 166 cm³/mol. The first kappa shape index (κ1) is 31.1. The van der Waals surface area contributed by atoms with E-state index in [4.69, 9.17) is 9.47 Å². The lowest BCUT2D eigenvalue weighted by Gasteiger charge is -2.19. The number of aryl methyl sites for hydroxylation is 2. The molecule has 2 aromatic heterocycles. The molecule has 0 saturated heterocycles. The van der Waals surface area contributed by atoms with Gasteiger partial charge in [-0.2, -0.15) is 0 Å². The van der Waals surface area contributed by atoms with Crippen LogP contribution in [0.1, 0.15) is 43.2 Å². The molecule has 0 aliphatic carbocycles. The largest absolute Gasteiger partial charge is 0.491 e. The van der Waals surface area contributed by atoms with Gasteiger partial charge in [-0.3, -0.25) is 14.2 Å². The SMILES string of the molecule is Cc1c[nH]c2ccc(CNC(=O)Cn3c(C)cnc(NCCc4ccccc4OCCNC(=O)OC(C)(C)C)c3=O)cc12. The summed E-state index contributed by atoms with van der Waals surface area (Å²) >= 11 is 0. The van der Waals surface area contributed by atoms with E-state index in [1.165, 1.54) is 4.57 Å². The Bertz CT molecular complexity index is 1640. The Hall–Kier alpha value is -4.80. The van der Waals surface area contributed by atoms with Gasteiger partial charge in [0.2, 0.25) is 5.91 Å². The standard InChI is InChI=1S/C32H40N6O5/c1-21-17-35-26-11-10-23(16-25(21)26)19-36-28(39)20-38-22(2)18-37-29(30(38)40)33-13-12-24-8-6-7-9-27(24)42-15-14-34-31(41)43-32(3,4)5/h6-11,16-18,35H,12-15,19-20H2,1-5H3,(H,33,37)(H,34,41)(H,36,39). The van der Waals surface area contributed by atoms with Crippen molar-refractivity contribution in [3.63, 3.8) is 0 Å². The summed E-state index contributed by atoms with van der Waals surface area (Å²) in [5.74, 6) is 0.597. The molecule has 11 nitrogen and oxygen atoms in total. The number of hydrogen-bond donors (Lipinski definition) is 4. The minimum absolute atomic E-state index is 0.110. The third-order valence-corrected chi connectivity index (χ3v) is 6.69. The molecule has 4 rings (SSSR count). The van der Waals surface area contributed by atoms with Crippen LogP contribution in [0.2, 0.25) is 0 Å². The molecule has 2 amide bonds. The third-order valence-electron chi connectivity index (χ3n) is 6.69. The van der Waals surface area contributed by atoms with Crippen molar-refractivity contribution in [3.8, 4) is 5.75 Å². The van der Waals surface area contributed by atoms with Gasteiger partial charge in [0.05, 0.1) is 6.54 Å². The lowest BCUT2D eigenvalue weighted by atomic mass is 10.1. The fourth-order valence-corrected chi connectivity index (χ4v) is 4.50. The van der Waals surface area contributed by atoms with Gasteiger partial charge in [-0.05, 0) is 75.9 Å². The van der Waals surface area contributed by atoms with Crippen molar-refractivity contribution in [1.29, 1.82) is 0 Å². The number of aromatic amines is 1. The topological polar surface area (TPSA) is 139 Å². The zero-order chi connectivity index (χ0) is 31.0. The summed E-state index contributed by atoms with van der Waals surface area (Å²) in [5, 5.41) is 9.81. The number of benzene rings is 2. The number of aromatic nitrogens is 3. The van der Waals surface area contributed by atoms with Crippen LogP contribution in [0.4, 0.5) is 10.6 Å². The lowest BCUT2D eigenvalue weighted by molar-refractivity contribution is -0.121. The first-order valence-electron chi connectivity index (χ1n) is 14.3. The molecule has 0 atom stereocenters. The fourth-order valence-electron chi connectivity index (χ4n) is 4.50. The molecule has 228 valence electrons. The maximum Gasteiger partial charge on any atom is 0.407 e. The van der Waals surface area contributed by atoms with E-state index in [0.29, 0.717) is 37.5 Å². The Labute approximate surface area is 251 Å². The summed E-state index contributed by atoms with van der Waals surface area (Å²) in [5.41, 5.74) is 3.78. The molecule has 4 N–H and O–H groups in total. The first-order valence-corrected chi connectivity index (χ1v) is 14.3. The van der Waals surface area contributed by atoms with Gasteiger partial charge >= 0.3 is 6.09 Å². The number of nitrogens with zero attached hydrogens (tertiary/aromatic N) is 2. The molecule has 0 aliphatic rings. The summed E-state index contributed by atoms with van der Waals surface area (Å²) in [6.07, 6.45) is 3.61. The minimum atomic E-state index is -0.565. The first-order chi connectivity index (χ1) is 20.5. The smallest absolute Gasteiger partial charge is 0.407 e. The highest BCUT2D eigenvalue weighted by molar-refractivity contribution is 5.83. The second-order valence-corrected chi connectivity index (χ2v) is 11.3.